The van der Waals surface area contributed by atoms with E-state index in [1.807, 2.05) is 5.64 Å². The van der Waals surface area contributed by atoms with Gasteiger partial charge in [-0.2, -0.15) is 0 Å². The summed E-state index contributed by atoms with van der Waals surface area (Å²) in [6, 6.07) is 0. The minimum absolute atomic E-state index is 0.506. The highest BCUT2D eigenvalue weighted by Crippen LogP contribution is 2.23. The summed E-state index contributed by atoms with van der Waals surface area (Å²) in [4.78, 5) is 9.56. The molecule has 0 aliphatic carbocycles. The van der Waals surface area contributed by atoms with Gasteiger partial charge in [0.25, 0.3) is 0 Å². The summed E-state index contributed by atoms with van der Waals surface area (Å²) in [5, 5.41) is 55.8. The number of hydrogen-bond donors (Lipinski definition) is 7. The Morgan fingerprint density at radius 3 is 1.38 bits per heavy atom. The van der Waals surface area contributed by atoms with E-state index in [0.29, 0.717) is 0 Å². The van der Waals surface area contributed by atoms with Gasteiger partial charge in [-0.15, -0.1) is 0 Å². The number of nitrogens with one attached hydrogen (secondary N) is 1. The predicted molar refractivity (Wildman–Crippen MR) is 60.8 cm³/mol. The van der Waals surface area contributed by atoms with E-state index in [1.54, 1.807) is 0 Å². The zero-order valence-electron chi connectivity index (χ0n) is 10.8. The number of hydrogen-bond acceptors (Lipinski definition) is 11. The standard InChI is InChI=1S/C10H19NO10/c12-1-3-5(14)7(16)9(18-3)20-11-21-10-8(17)6(15)4(2-13)19-10/h3-17H,1-2H2/t3-,4-,5+,6+,7+,8+,9?,10?/m1/s1. The van der Waals surface area contributed by atoms with Crippen LogP contribution in [0.5, 0.6) is 0 Å². The van der Waals surface area contributed by atoms with Gasteiger partial charge in [-0.1, -0.05) is 5.64 Å². The van der Waals surface area contributed by atoms with Gasteiger partial charge in [-0.25, -0.2) is 9.68 Å². The number of ether oxygens (including phenoxy) is 2. The third-order valence-electron chi connectivity index (χ3n) is 3.33. The molecule has 0 aromatic rings. The largest absolute Gasteiger partial charge is 0.394 e. The smallest absolute Gasteiger partial charge is 0.209 e. The van der Waals surface area contributed by atoms with Crippen LogP contribution in [0, 0.1) is 0 Å². The molecule has 8 atom stereocenters. The van der Waals surface area contributed by atoms with Crippen LogP contribution in [0.1, 0.15) is 0 Å². The summed E-state index contributed by atoms with van der Waals surface area (Å²) >= 11 is 0. The first-order valence-electron chi connectivity index (χ1n) is 6.30. The van der Waals surface area contributed by atoms with Crippen LogP contribution in [0.25, 0.3) is 0 Å². The second-order valence-corrected chi connectivity index (χ2v) is 4.73. The number of aliphatic hydroxyl groups excluding tert-OH is 6. The van der Waals surface area contributed by atoms with Gasteiger partial charge < -0.3 is 40.1 Å². The molecular weight excluding hydrogens is 294 g/mol. The molecule has 2 saturated heterocycles. The summed E-state index contributed by atoms with van der Waals surface area (Å²) in [6.07, 6.45) is -10.1. The minimum Gasteiger partial charge on any atom is -0.394 e. The second-order valence-electron chi connectivity index (χ2n) is 4.73. The maximum absolute atomic E-state index is 9.56. The monoisotopic (exact) mass is 313 g/mol. The molecule has 0 saturated carbocycles. The molecule has 21 heavy (non-hydrogen) atoms. The van der Waals surface area contributed by atoms with Crippen molar-refractivity contribution in [3.63, 3.8) is 0 Å². The fourth-order valence-corrected chi connectivity index (χ4v) is 2.05. The Kier molecular flexibility index (Phi) is 5.81. The van der Waals surface area contributed by atoms with Crippen molar-refractivity contribution in [2.24, 2.45) is 0 Å². The summed E-state index contributed by atoms with van der Waals surface area (Å²) in [5.74, 6) is 0. The molecule has 0 amide bonds. The molecule has 11 heteroatoms. The Balaban J connectivity index is 1.75. The molecule has 11 nitrogen and oxygen atoms in total. The van der Waals surface area contributed by atoms with E-state index in [9.17, 15) is 20.4 Å². The molecule has 2 aliphatic rings. The lowest BCUT2D eigenvalue weighted by molar-refractivity contribution is -0.328. The fourth-order valence-electron chi connectivity index (χ4n) is 2.05. The van der Waals surface area contributed by atoms with Gasteiger partial charge in [-0.3, -0.25) is 0 Å². The highest BCUT2D eigenvalue weighted by Gasteiger charge is 2.45. The van der Waals surface area contributed by atoms with E-state index in [2.05, 4.69) is 0 Å². The van der Waals surface area contributed by atoms with E-state index >= 15 is 0 Å². The molecule has 0 aromatic heterocycles. The Morgan fingerprint density at radius 2 is 1.10 bits per heavy atom. The molecule has 0 bridgehead atoms. The Labute approximate surface area is 119 Å². The molecule has 2 aliphatic heterocycles. The lowest BCUT2D eigenvalue weighted by Gasteiger charge is -2.18. The molecule has 2 rings (SSSR count). The van der Waals surface area contributed by atoms with Crippen molar-refractivity contribution >= 4 is 0 Å². The van der Waals surface area contributed by atoms with Crippen LogP contribution >= 0.6 is 0 Å². The van der Waals surface area contributed by atoms with Gasteiger partial charge in [0, 0.05) is 0 Å². The van der Waals surface area contributed by atoms with E-state index in [1.165, 1.54) is 0 Å². The van der Waals surface area contributed by atoms with Gasteiger partial charge in [0.1, 0.15) is 36.6 Å². The van der Waals surface area contributed by atoms with Crippen LogP contribution in [0.2, 0.25) is 0 Å². The average molecular weight is 313 g/mol. The quantitative estimate of drug-likeness (QED) is 0.235. The Bertz CT molecular complexity index is 303. The molecule has 0 spiro atoms. The van der Waals surface area contributed by atoms with Crippen LogP contribution in [-0.4, -0.2) is 93.1 Å². The predicted octanol–water partition coefficient (Wildman–Crippen LogP) is -4.68. The van der Waals surface area contributed by atoms with Crippen LogP contribution < -0.4 is 5.64 Å². The molecule has 0 radical (unpaired) electrons. The summed E-state index contributed by atoms with van der Waals surface area (Å²) in [7, 11) is 0. The summed E-state index contributed by atoms with van der Waals surface area (Å²) < 4.78 is 9.97. The van der Waals surface area contributed by atoms with Crippen LogP contribution in [0.15, 0.2) is 0 Å². The molecule has 7 N–H and O–H groups in total. The van der Waals surface area contributed by atoms with Gasteiger partial charge in [0.15, 0.2) is 0 Å². The topological polar surface area (TPSA) is 170 Å². The zero-order valence-corrected chi connectivity index (χ0v) is 10.8. The van der Waals surface area contributed by atoms with E-state index in [4.69, 9.17) is 29.4 Å². The normalized spacial score (nSPS) is 47.1. The van der Waals surface area contributed by atoms with Crippen LogP contribution in [0.3, 0.4) is 0 Å². The van der Waals surface area contributed by atoms with Crippen molar-refractivity contribution in [2.45, 2.75) is 49.2 Å². The maximum Gasteiger partial charge on any atom is 0.209 e. The highest BCUT2D eigenvalue weighted by molar-refractivity contribution is 4.86. The average Bonchev–Trinajstić information content (AvgIpc) is 2.91. The molecule has 124 valence electrons. The molecule has 2 fully saturated rings. The highest BCUT2D eigenvalue weighted by atomic mass is 17.0. The molecule has 0 aromatic carbocycles. The van der Waals surface area contributed by atoms with Gasteiger partial charge in [-0.05, 0) is 0 Å². The summed E-state index contributed by atoms with van der Waals surface area (Å²) in [5.41, 5.74) is 1.91. The molecule has 2 heterocycles. The maximum atomic E-state index is 9.56. The third kappa shape index (κ3) is 3.49. The van der Waals surface area contributed by atoms with Gasteiger partial charge >= 0.3 is 0 Å². The van der Waals surface area contributed by atoms with Crippen molar-refractivity contribution in [3.05, 3.63) is 0 Å². The van der Waals surface area contributed by atoms with Gasteiger partial charge in [0.2, 0.25) is 12.6 Å². The first-order valence-corrected chi connectivity index (χ1v) is 6.30. The van der Waals surface area contributed by atoms with Crippen molar-refractivity contribution in [3.8, 4) is 0 Å². The van der Waals surface area contributed by atoms with E-state index in [0.717, 1.165) is 0 Å². The first-order chi connectivity index (χ1) is 9.99. The zero-order chi connectivity index (χ0) is 15.6. The molecular formula is C10H19NO10. The third-order valence-corrected chi connectivity index (χ3v) is 3.33. The van der Waals surface area contributed by atoms with Crippen LogP contribution in [0.4, 0.5) is 0 Å². The Hall–Kier alpha value is -0.440. The molecule has 2 unspecified atom stereocenters. The summed E-state index contributed by atoms with van der Waals surface area (Å²) in [6.45, 7) is -1.01. The van der Waals surface area contributed by atoms with Crippen molar-refractivity contribution in [2.75, 3.05) is 13.2 Å². The van der Waals surface area contributed by atoms with Crippen molar-refractivity contribution < 1.29 is 49.8 Å². The lowest BCUT2D eigenvalue weighted by atomic mass is 10.1. The SMILES string of the molecule is OC[C@H]1OC(ONOC2O[C@H](CO)[C@H](O)[C@@H]2O)[C@@H](O)[C@H]1O. The second kappa shape index (κ2) is 7.21. The van der Waals surface area contributed by atoms with Crippen molar-refractivity contribution in [1.82, 2.24) is 5.64 Å². The number of aliphatic hydroxyl groups is 6. The van der Waals surface area contributed by atoms with E-state index < -0.39 is 62.4 Å². The lowest BCUT2D eigenvalue weighted by Crippen LogP contribution is -2.40. The van der Waals surface area contributed by atoms with Gasteiger partial charge in [0.05, 0.1) is 13.2 Å². The fraction of sp³-hybridized carbons (Fsp3) is 1.00. The van der Waals surface area contributed by atoms with Crippen molar-refractivity contribution in [1.29, 1.82) is 0 Å². The number of rotatable bonds is 6. The van der Waals surface area contributed by atoms with E-state index in [-0.39, 0.29) is 0 Å². The minimum atomic E-state index is -1.41. The Morgan fingerprint density at radius 1 is 0.714 bits per heavy atom. The van der Waals surface area contributed by atoms with Crippen LogP contribution in [-0.2, 0) is 19.1 Å². The first kappa shape index (κ1) is 16.9.